The highest BCUT2D eigenvalue weighted by Crippen LogP contribution is 2.36. The van der Waals surface area contributed by atoms with E-state index in [4.69, 9.17) is 5.73 Å². The molecule has 0 aromatic rings. The second-order valence-electron chi connectivity index (χ2n) is 4.82. The average Bonchev–Trinajstić information content (AvgIpc) is 1.97. The van der Waals surface area contributed by atoms with E-state index in [2.05, 4.69) is 6.58 Å². The molecular formula is C11H23NO. The second-order valence-corrected chi connectivity index (χ2v) is 4.82. The maximum absolute atomic E-state index is 10.2. The van der Waals surface area contributed by atoms with Crippen molar-refractivity contribution in [2.24, 2.45) is 11.1 Å². The molecule has 0 rings (SSSR count). The molecule has 0 aromatic heterocycles. The number of rotatable bonds is 4. The van der Waals surface area contributed by atoms with Crippen molar-refractivity contribution >= 4 is 0 Å². The molecule has 13 heavy (non-hydrogen) atoms. The molecule has 3 N–H and O–H groups in total. The third-order valence-corrected chi connectivity index (χ3v) is 2.83. The summed E-state index contributed by atoms with van der Waals surface area (Å²) in [6, 6.07) is 0. The van der Waals surface area contributed by atoms with Crippen molar-refractivity contribution in [1.82, 2.24) is 0 Å². The zero-order valence-corrected chi connectivity index (χ0v) is 9.35. The van der Waals surface area contributed by atoms with E-state index < -0.39 is 5.60 Å². The van der Waals surface area contributed by atoms with Gasteiger partial charge in [0, 0.05) is 0 Å². The van der Waals surface area contributed by atoms with Crippen molar-refractivity contribution in [3.05, 3.63) is 12.2 Å². The normalized spacial score (nSPS) is 16.8. The fraction of sp³-hybridized carbons (Fsp3) is 0.818. The van der Waals surface area contributed by atoms with Crippen molar-refractivity contribution in [3.8, 4) is 0 Å². The van der Waals surface area contributed by atoms with Crippen LogP contribution in [0.1, 0.15) is 40.5 Å². The lowest BCUT2D eigenvalue weighted by Crippen LogP contribution is -2.41. The summed E-state index contributed by atoms with van der Waals surface area (Å²) in [5.74, 6) is 0. The quantitative estimate of drug-likeness (QED) is 0.659. The predicted octanol–water partition coefficient (Wildman–Crippen LogP) is 2.08. The van der Waals surface area contributed by atoms with E-state index in [1.165, 1.54) is 0 Å². The van der Waals surface area contributed by atoms with Crippen LogP contribution in [-0.2, 0) is 0 Å². The molecular weight excluding hydrogens is 162 g/mol. The van der Waals surface area contributed by atoms with Crippen LogP contribution in [0.4, 0.5) is 0 Å². The zero-order chi connectivity index (χ0) is 10.7. The molecule has 0 unspecified atom stereocenters. The SMILES string of the molecule is C=C(CCCN)[C@@](C)(O)C(C)(C)C. The summed E-state index contributed by atoms with van der Waals surface area (Å²) in [5, 5.41) is 10.2. The van der Waals surface area contributed by atoms with E-state index in [9.17, 15) is 5.11 Å². The van der Waals surface area contributed by atoms with Crippen molar-refractivity contribution in [1.29, 1.82) is 0 Å². The Morgan fingerprint density at radius 2 is 1.77 bits per heavy atom. The maximum Gasteiger partial charge on any atom is 0.0874 e. The zero-order valence-electron chi connectivity index (χ0n) is 9.35. The monoisotopic (exact) mass is 185 g/mol. The van der Waals surface area contributed by atoms with Crippen molar-refractivity contribution < 1.29 is 5.11 Å². The van der Waals surface area contributed by atoms with Crippen LogP contribution in [0.5, 0.6) is 0 Å². The summed E-state index contributed by atoms with van der Waals surface area (Å²) in [6.07, 6.45) is 1.70. The van der Waals surface area contributed by atoms with Crippen LogP contribution < -0.4 is 5.73 Å². The molecule has 0 aliphatic carbocycles. The van der Waals surface area contributed by atoms with Crippen molar-refractivity contribution in [3.63, 3.8) is 0 Å². The number of aliphatic hydroxyl groups is 1. The summed E-state index contributed by atoms with van der Waals surface area (Å²) in [6.45, 7) is 12.4. The molecule has 2 nitrogen and oxygen atoms in total. The van der Waals surface area contributed by atoms with E-state index in [0.29, 0.717) is 6.54 Å². The minimum absolute atomic E-state index is 0.168. The lowest BCUT2D eigenvalue weighted by molar-refractivity contribution is -0.00973. The summed E-state index contributed by atoms with van der Waals surface area (Å²) in [4.78, 5) is 0. The fourth-order valence-corrected chi connectivity index (χ4v) is 1.09. The molecule has 0 heterocycles. The molecule has 1 atom stereocenters. The fourth-order valence-electron chi connectivity index (χ4n) is 1.09. The Morgan fingerprint density at radius 3 is 2.08 bits per heavy atom. The van der Waals surface area contributed by atoms with Gasteiger partial charge in [-0.05, 0) is 37.3 Å². The Morgan fingerprint density at radius 1 is 1.31 bits per heavy atom. The molecule has 2 heteroatoms. The molecule has 0 spiro atoms. The Kier molecular flexibility index (Phi) is 4.14. The lowest BCUT2D eigenvalue weighted by Gasteiger charge is -2.39. The van der Waals surface area contributed by atoms with Gasteiger partial charge >= 0.3 is 0 Å². The number of hydrogen-bond acceptors (Lipinski definition) is 2. The van der Waals surface area contributed by atoms with E-state index in [1.807, 2.05) is 27.7 Å². The van der Waals surface area contributed by atoms with Crippen LogP contribution in [-0.4, -0.2) is 17.3 Å². The van der Waals surface area contributed by atoms with Gasteiger partial charge < -0.3 is 10.8 Å². The van der Waals surface area contributed by atoms with E-state index >= 15 is 0 Å². The topological polar surface area (TPSA) is 46.2 Å². The van der Waals surface area contributed by atoms with Gasteiger partial charge in [0.05, 0.1) is 5.60 Å². The Bertz CT molecular complexity index is 177. The largest absolute Gasteiger partial charge is 0.385 e. The van der Waals surface area contributed by atoms with E-state index in [0.717, 1.165) is 18.4 Å². The molecule has 0 saturated heterocycles. The van der Waals surface area contributed by atoms with Gasteiger partial charge in [-0.15, -0.1) is 0 Å². The second kappa shape index (κ2) is 4.25. The first-order chi connectivity index (χ1) is 5.73. The minimum atomic E-state index is -0.803. The first kappa shape index (κ1) is 12.7. The summed E-state index contributed by atoms with van der Waals surface area (Å²) < 4.78 is 0. The number of hydrogen-bond donors (Lipinski definition) is 2. The first-order valence-electron chi connectivity index (χ1n) is 4.84. The van der Waals surface area contributed by atoms with Gasteiger partial charge in [-0.25, -0.2) is 0 Å². The van der Waals surface area contributed by atoms with Crippen LogP contribution in [0.2, 0.25) is 0 Å². The van der Waals surface area contributed by atoms with Gasteiger partial charge in [0.25, 0.3) is 0 Å². The highest BCUT2D eigenvalue weighted by molar-refractivity contribution is 5.15. The molecule has 0 bridgehead atoms. The highest BCUT2D eigenvalue weighted by atomic mass is 16.3. The Hall–Kier alpha value is -0.340. The van der Waals surface area contributed by atoms with Crippen LogP contribution in [0.15, 0.2) is 12.2 Å². The predicted molar refractivity (Wildman–Crippen MR) is 57.5 cm³/mol. The molecule has 0 radical (unpaired) electrons. The summed E-state index contributed by atoms with van der Waals surface area (Å²) in [7, 11) is 0. The summed E-state index contributed by atoms with van der Waals surface area (Å²) in [5.41, 5.74) is 5.32. The van der Waals surface area contributed by atoms with Gasteiger partial charge in [-0.2, -0.15) is 0 Å². The van der Waals surface area contributed by atoms with Gasteiger partial charge in [0.2, 0.25) is 0 Å². The molecule has 0 amide bonds. The maximum atomic E-state index is 10.2. The third kappa shape index (κ3) is 3.12. The summed E-state index contributed by atoms with van der Waals surface area (Å²) >= 11 is 0. The molecule has 0 aliphatic rings. The van der Waals surface area contributed by atoms with Crippen molar-refractivity contribution in [2.75, 3.05) is 6.54 Å². The first-order valence-corrected chi connectivity index (χ1v) is 4.84. The molecule has 0 fully saturated rings. The smallest absolute Gasteiger partial charge is 0.0874 e. The molecule has 0 saturated carbocycles. The van der Waals surface area contributed by atoms with Crippen LogP contribution in [0.25, 0.3) is 0 Å². The van der Waals surface area contributed by atoms with Crippen LogP contribution in [0, 0.1) is 5.41 Å². The number of nitrogens with two attached hydrogens (primary N) is 1. The average molecular weight is 185 g/mol. The van der Waals surface area contributed by atoms with Crippen molar-refractivity contribution in [2.45, 2.75) is 46.1 Å². The Labute approximate surface area is 81.8 Å². The Balaban J connectivity index is 4.37. The van der Waals surface area contributed by atoms with Gasteiger partial charge in [-0.1, -0.05) is 27.4 Å². The molecule has 0 aliphatic heterocycles. The van der Waals surface area contributed by atoms with Crippen LogP contribution >= 0.6 is 0 Å². The van der Waals surface area contributed by atoms with Gasteiger partial charge in [-0.3, -0.25) is 0 Å². The molecule has 78 valence electrons. The lowest BCUT2D eigenvalue weighted by atomic mass is 9.72. The van der Waals surface area contributed by atoms with Gasteiger partial charge in [0.15, 0.2) is 0 Å². The minimum Gasteiger partial charge on any atom is -0.385 e. The van der Waals surface area contributed by atoms with Gasteiger partial charge in [0.1, 0.15) is 0 Å². The van der Waals surface area contributed by atoms with E-state index in [1.54, 1.807) is 0 Å². The standard InChI is InChI=1S/C11H23NO/c1-9(7-6-8-12)11(5,13)10(2,3)4/h13H,1,6-8,12H2,2-5H3/t11-/m1/s1. The van der Waals surface area contributed by atoms with Crippen LogP contribution in [0.3, 0.4) is 0 Å². The molecule has 0 aromatic carbocycles. The van der Waals surface area contributed by atoms with E-state index in [-0.39, 0.29) is 5.41 Å². The highest BCUT2D eigenvalue weighted by Gasteiger charge is 2.37. The third-order valence-electron chi connectivity index (χ3n) is 2.83.